The summed E-state index contributed by atoms with van der Waals surface area (Å²) in [5, 5.41) is 31.9. The van der Waals surface area contributed by atoms with Crippen LogP contribution in [0.1, 0.15) is 18.9 Å². The topological polar surface area (TPSA) is 95.6 Å². The van der Waals surface area contributed by atoms with E-state index in [1.165, 1.54) is 12.1 Å². The highest BCUT2D eigenvalue weighted by Crippen LogP contribution is 2.26. The first-order chi connectivity index (χ1) is 8.08. The largest absolute Gasteiger partial charge is 0.502 e. The maximum atomic E-state index is 10.6. The lowest BCUT2D eigenvalue weighted by molar-refractivity contribution is -0.385. The minimum atomic E-state index is -0.623. The Kier molecular flexibility index (Phi) is 4.86. The molecule has 6 nitrogen and oxygen atoms in total. The van der Waals surface area contributed by atoms with Gasteiger partial charge in [0, 0.05) is 18.7 Å². The third-order valence-corrected chi connectivity index (χ3v) is 2.54. The number of hydrogen-bond acceptors (Lipinski definition) is 5. The third-order valence-electron chi connectivity index (χ3n) is 2.54. The Morgan fingerprint density at radius 2 is 2.24 bits per heavy atom. The van der Waals surface area contributed by atoms with Gasteiger partial charge in [-0.3, -0.25) is 10.1 Å². The lowest BCUT2D eigenvalue weighted by Crippen LogP contribution is -2.31. The molecule has 1 atom stereocenters. The zero-order chi connectivity index (χ0) is 12.8. The van der Waals surface area contributed by atoms with Gasteiger partial charge in [-0.25, -0.2) is 0 Å². The molecular formula is C11H16N2O4. The van der Waals surface area contributed by atoms with Gasteiger partial charge in [-0.15, -0.1) is 0 Å². The van der Waals surface area contributed by atoms with Crippen molar-refractivity contribution < 1.29 is 15.1 Å². The minimum absolute atomic E-state index is 0.0245. The number of rotatable bonds is 6. The number of nitro groups is 1. The van der Waals surface area contributed by atoms with E-state index < -0.39 is 4.92 Å². The summed E-state index contributed by atoms with van der Waals surface area (Å²) in [6.45, 7) is 2.38. The molecule has 94 valence electrons. The van der Waals surface area contributed by atoms with Gasteiger partial charge in [0.15, 0.2) is 5.75 Å². The highest BCUT2D eigenvalue weighted by atomic mass is 16.6. The van der Waals surface area contributed by atoms with Gasteiger partial charge < -0.3 is 15.5 Å². The highest BCUT2D eigenvalue weighted by Gasteiger charge is 2.13. The molecule has 0 aliphatic carbocycles. The molecule has 0 saturated carbocycles. The lowest BCUT2D eigenvalue weighted by Gasteiger charge is -2.13. The Hall–Kier alpha value is -1.66. The van der Waals surface area contributed by atoms with Gasteiger partial charge in [0.05, 0.1) is 11.5 Å². The quantitative estimate of drug-likeness (QED) is 0.512. The predicted molar refractivity (Wildman–Crippen MR) is 62.8 cm³/mol. The number of phenols is 1. The molecule has 1 unspecified atom stereocenters. The van der Waals surface area contributed by atoms with Crippen LogP contribution in [0.3, 0.4) is 0 Å². The molecule has 0 radical (unpaired) electrons. The fourth-order valence-electron chi connectivity index (χ4n) is 1.43. The van der Waals surface area contributed by atoms with Crippen molar-refractivity contribution in [1.82, 2.24) is 5.32 Å². The number of benzene rings is 1. The number of phenolic OH excluding ortho intramolecular Hbond substituents is 1. The van der Waals surface area contributed by atoms with Crippen LogP contribution in [0.5, 0.6) is 5.75 Å². The molecule has 0 amide bonds. The third kappa shape index (κ3) is 3.69. The Balaban J connectivity index is 2.72. The minimum Gasteiger partial charge on any atom is -0.502 e. The Labute approximate surface area is 99.0 Å². The Morgan fingerprint density at radius 1 is 1.53 bits per heavy atom. The van der Waals surface area contributed by atoms with E-state index in [1.54, 1.807) is 6.07 Å². The smallest absolute Gasteiger partial charge is 0.311 e. The second-order valence-corrected chi connectivity index (χ2v) is 3.75. The van der Waals surface area contributed by atoms with Crippen LogP contribution >= 0.6 is 0 Å². The SMILES string of the molecule is CCC(CO)NCc1ccc(O)c([N+](=O)[O-])c1. The summed E-state index contributed by atoms with van der Waals surface area (Å²) in [5.41, 5.74) is 0.391. The normalized spacial score (nSPS) is 12.4. The molecule has 1 rings (SSSR count). The standard InChI is InChI=1S/C11H16N2O4/c1-2-9(7-14)12-6-8-3-4-11(15)10(5-8)13(16)17/h3-5,9,12,14-15H,2,6-7H2,1H3. The second kappa shape index (κ2) is 6.17. The highest BCUT2D eigenvalue weighted by molar-refractivity contribution is 5.47. The molecule has 0 aromatic heterocycles. The Bertz CT molecular complexity index is 391. The molecule has 0 bridgehead atoms. The maximum Gasteiger partial charge on any atom is 0.311 e. The van der Waals surface area contributed by atoms with Crippen LogP contribution in [0.4, 0.5) is 5.69 Å². The van der Waals surface area contributed by atoms with Crippen molar-refractivity contribution in [3.8, 4) is 5.75 Å². The molecule has 0 heterocycles. The van der Waals surface area contributed by atoms with Gasteiger partial charge in [-0.1, -0.05) is 13.0 Å². The fourth-order valence-corrected chi connectivity index (χ4v) is 1.43. The number of hydrogen-bond donors (Lipinski definition) is 3. The van der Waals surface area contributed by atoms with Crippen molar-refractivity contribution in [2.45, 2.75) is 25.9 Å². The van der Waals surface area contributed by atoms with Gasteiger partial charge in [0.1, 0.15) is 0 Å². The Morgan fingerprint density at radius 3 is 2.76 bits per heavy atom. The van der Waals surface area contributed by atoms with Crippen molar-refractivity contribution in [2.75, 3.05) is 6.61 Å². The first-order valence-electron chi connectivity index (χ1n) is 5.39. The summed E-state index contributed by atoms with van der Waals surface area (Å²) >= 11 is 0. The molecular weight excluding hydrogens is 224 g/mol. The first-order valence-corrected chi connectivity index (χ1v) is 5.39. The summed E-state index contributed by atoms with van der Waals surface area (Å²) < 4.78 is 0. The van der Waals surface area contributed by atoms with Gasteiger partial charge in [-0.05, 0) is 18.1 Å². The molecule has 0 aliphatic heterocycles. The summed E-state index contributed by atoms with van der Waals surface area (Å²) in [6, 6.07) is 4.21. The fraction of sp³-hybridized carbons (Fsp3) is 0.455. The van der Waals surface area contributed by atoms with Crippen molar-refractivity contribution in [3.05, 3.63) is 33.9 Å². The van der Waals surface area contributed by atoms with Gasteiger partial charge >= 0.3 is 5.69 Å². The van der Waals surface area contributed by atoms with Gasteiger partial charge in [-0.2, -0.15) is 0 Å². The van der Waals surface area contributed by atoms with E-state index in [0.29, 0.717) is 12.1 Å². The lowest BCUT2D eigenvalue weighted by atomic mass is 10.1. The van der Waals surface area contributed by atoms with Crippen molar-refractivity contribution in [1.29, 1.82) is 0 Å². The van der Waals surface area contributed by atoms with Crippen LogP contribution in [0.25, 0.3) is 0 Å². The van der Waals surface area contributed by atoms with Crippen molar-refractivity contribution in [3.63, 3.8) is 0 Å². The zero-order valence-electron chi connectivity index (χ0n) is 9.59. The molecule has 6 heteroatoms. The monoisotopic (exact) mass is 240 g/mol. The van der Waals surface area contributed by atoms with Gasteiger partial charge in [0.2, 0.25) is 0 Å². The van der Waals surface area contributed by atoms with E-state index in [1.807, 2.05) is 6.92 Å². The summed E-state index contributed by atoms with van der Waals surface area (Å²) in [6.07, 6.45) is 0.774. The number of nitro benzene ring substituents is 1. The zero-order valence-corrected chi connectivity index (χ0v) is 9.59. The van der Waals surface area contributed by atoms with Crippen LogP contribution in [0.2, 0.25) is 0 Å². The second-order valence-electron chi connectivity index (χ2n) is 3.75. The van der Waals surface area contributed by atoms with E-state index in [4.69, 9.17) is 5.11 Å². The summed E-state index contributed by atoms with van der Waals surface area (Å²) in [5.74, 6) is -0.340. The molecule has 1 aromatic rings. The van der Waals surface area contributed by atoms with Crippen LogP contribution < -0.4 is 5.32 Å². The maximum absolute atomic E-state index is 10.6. The molecule has 0 aliphatic rings. The number of aliphatic hydroxyl groups excluding tert-OH is 1. The van der Waals surface area contributed by atoms with Crippen LogP contribution in [-0.2, 0) is 6.54 Å². The number of nitrogens with zero attached hydrogens (tertiary/aromatic N) is 1. The van der Waals surface area contributed by atoms with E-state index in [9.17, 15) is 15.2 Å². The van der Waals surface area contributed by atoms with E-state index in [2.05, 4.69) is 5.32 Å². The first kappa shape index (κ1) is 13.4. The average Bonchev–Trinajstić information content (AvgIpc) is 2.32. The van der Waals surface area contributed by atoms with Crippen molar-refractivity contribution >= 4 is 5.69 Å². The van der Waals surface area contributed by atoms with Gasteiger partial charge in [0.25, 0.3) is 0 Å². The van der Waals surface area contributed by atoms with Crippen molar-refractivity contribution in [2.24, 2.45) is 0 Å². The molecule has 0 fully saturated rings. The molecule has 1 aromatic carbocycles. The molecule has 0 saturated heterocycles. The number of aromatic hydroxyl groups is 1. The van der Waals surface area contributed by atoms with E-state index in [0.717, 1.165) is 6.42 Å². The van der Waals surface area contributed by atoms with E-state index >= 15 is 0 Å². The van der Waals surface area contributed by atoms with Crippen LogP contribution in [0, 0.1) is 10.1 Å². The predicted octanol–water partition coefficient (Wildman–Crippen LogP) is 1.16. The van der Waals surface area contributed by atoms with Crippen LogP contribution in [-0.4, -0.2) is 27.8 Å². The average molecular weight is 240 g/mol. The number of nitrogens with one attached hydrogen (secondary N) is 1. The summed E-state index contributed by atoms with van der Waals surface area (Å²) in [4.78, 5) is 9.99. The molecule has 0 spiro atoms. The molecule has 17 heavy (non-hydrogen) atoms. The molecule has 3 N–H and O–H groups in total. The van der Waals surface area contributed by atoms with Crippen LogP contribution in [0.15, 0.2) is 18.2 Å². The number of aliphatic hydroxyl groups is 1. The summed E-state index contributed by atoms with van der Waals surface area (Å²) in [7, 11) is 0. The van der Waals surface area contributed by atoms with E-state index in [-0.39, 0.29) is 24.1 Å².